The van der Waals surface area contributed by atoms with E-state index in [9.17, 15) is 4.79 Å². The minimum atomic E-state index is -0.00226. The first-order valence-electron chi connectivity index (χ1n) is 8.89. The first kappa shape index (κ1) is 16.4. The van der Waals surface area contributed by atoms with Crippen LogP contribution in [0.1, 0.15) is 11.1 Å². The van der Waals surface area contributed by atoms with E-state index in [0.29, 0.717) is 5.75 Å². The maximum Gasteiger partial charge on any atom is 0.264 e. The molecular formula is C23H21NO2. The highest BCUT2D eigenvalue weighted by Gasteiger charge is 2.24. The summed E-state index contributed by atoms with van der Waals surface area (Å²) in [4.78, 5) is 14.3. The van der Waals surface area contributed by atoms with Crippen LogP contribution in [-0.4, -0.2) is 19.1 Å². The van der Waals surface area contributed by atoms with Crippen molar-refractivity contribution in [3.63, 3.8) is 0 Å². The summed E-state index contributed by atoms with van der Waals surface area (Å²) in [6, 6.07) is 24.4. The molecule has 3 heteroatoms. The third kappa shape index (κ3) is 3.33. The quantitative estimate of drug-likeness (QED) is 0.691. The topological polar surface area (TPSA) is 29.5 Å². The zero-order chi connectivity index (χ0) is 17.9. The number of rotatable bonds is 4. The van der Waals surface area contributed by atoms with Gasteiger partial charge in [0.15, 0.2) is 6.61 Å². The summed E-state index contributed by atoms with van der Waals surface area (Å²) in [5.41, 5.74) is 5.79. The van der Waals surface area contributed by atoms with Gasteiger partial charge in [0, 0.05) is 12.2 Å². The molecule has 4 rings (SSSR count). The van der Waals surface area contributed by atoms with Crippen molar-refractivity contribution in [3.8, 4) is 16.9 Å². The number of fused-ring (bicyclic) bond motifs is 1. The predicted octanol–water partition coefficient (Wildman–Crippen LogP) is 4.63. The largest absolute Gasteiger partial charge is 0.484 e. The van der Waals surface area contributed by atoms with E-state index in [1.807, 2.05) is 47.4 Å². The van der Waals surface area contributed by atoms with Gasteiger partial charge in [0.2, 0.25) is 0 Å². The van der Waals surface area contributed by atoms with Crippen molar-refractivity contribution in [2.75, 3.05) is 18.1 Å². The average molecular weight is 343 g/mol. The molecule has 26 heavy (non-hydrogen) atoms. The highest BCUT2D eigenvalue weighted by Crippen LogP contribution is 2.28. The second-order valence-electron chi connectivity index (χ2n) is 6.60. The van der Waals surface area contributed by atoms with Gasteiger partial charge >= 0.3 is 0 Å². The summed E-state index contributed by atoms with van der Waals surface area (Å²) in [5.74, 6) is 0.708. The normalized spacial score (nSPS) is 12.7. The Morgan fingerprint density at radius 1 is 0.923 bits per heavy atom. The van der Waals surface area contributed by atoms with Crippen LogP contribution in [0.15, 0.2) is 72.8 Å². The summed E-state index contributed by atoms with van der Waals surface area (Å²) in [6.07, 6.45) is 0.910. The Kier molecular flexibility index (Phi) is 4.44. The molecule has 0 N–H and O–H groups in total. The van der Waals surface area contributed by atoms with Gasteiger partial charge in [0.25, 0.3) is 5.91 Å². The lowest BCUT2D eigenvalue weighted by atomic mass is 10.0. The van der Waals surface area contributed by atoms with Crippen molar-refractivity contribution in [3.05, 3.63) is 83.9 Å². The SMILES string of the molecule is Cc1ccc(-c2ccc(OCC(=O)N3CCc4ccccc43)cc2)cc1. The van der Waals surface area contributed by atoms with Crippen molar-refractivity contribution in [1.29, 1.82) is 0 Å². The number of nitrogens with zero attached hydrogens (tertiary/aromatic N) is 1. The number of hydrogen-bond donors (Lipinski definition) is 0. The van der Waals surface area contributed by atoms with E-state index >= 15 is 0 Å². The van der Waals surface area contributed by atoms with Gasteiger partial charge in [0.1, 0.15) is 5.75 Å². The summed E-state index contributed by atoms with van der Waals surface area (Å²) < 4.78 is 5.71. The molecule has 130 valence electrons. The molecule has 1 heterocycles. The highest BCUT2D eigenvalue weighted by molar-refractivity contribution is 5.96. The van der Waals surface area contributed by atoms with Crippen LogP contribution in [-0.2, 0) is 11.2 Å². The third-order valence-corrected chi connectivity index (χ3v) is 4.79. The Balaban J connectivity index is 1.39. The van der Waals surface area contributed by atoms with Gasteiger partial charge in [-0.1, -0.05) is 60.2 Å². The molecule has 0 unspecified atom stereocenters. The van der Waals surface area contributed by atoms with Gasteiger partial charge < -0.3 is 9.64 Å². The molecule has 0 bridgehead atoms. The molecule has 0 radical (unpaired) electrons. The van der Waals surface area contributed by atoms with Crippen LogP contribution in [0.5, 0.6) is 5.75 Å². The lowest BCUT2D eigenvalue weighted by molar-refractivity contribution is -0.120. The molecule has 0 saturated carbocycles. The molecule has 0 saturated heterocycles. The van der Waals surface area contributed by atoms with Crippen LogP contribution >= 0.6 is 0 Å². The Morgan fingerprint density at radius 3 is 2.31 bits per heavy atom. The van der Waals surface area contributed by atoms with E-state index in [1.54, 1.807) is 0 Å². The van der Waals surface area contributed by atoms with Gasteiger partial charge in [-0.05, 0) is 48.2 Å². The van der Waals surface area contributed by atoms with Gasteiger partial charge in [-0.15, -0.1) is 0 Å². The summed E-state index contributed by atoms with van der Waals surface area (Å²) in [5, 5.41) is 0. The maximum atomic E-state index is 12.5. The molecule has 0 fully saturated rings. The highest BCUT2D eigenvalue weighted by atomic mass is 16.5. The molecule has 1 amide bonds. The van der Waals surface area contributed by atoms with Crippen molar-refractivity contribution in [2.45, 2.75) is 13.3 Å². The van der Waals surface area contributed by atoms with Crippen molar-refractivity contribution >= 4 is 11.6 Å². The fourth-order valence-corrected chi connectivity index (χ4v) is 3.31. The van der Waals surface area contributed by atoms with Crippen molar-refractivity contribution < 1.29 is 9.53 Å². The zero-order valence-corrected chi connectivity index (χ0v) is 14.8. The molecule has 0 atom stereocenters. The fraction of sp³-hybridized carbons (Fsp3) is 0.174. The maximum absolute atomic E-state index is 12.5. The minimum Gasteiger partial charge on any atom is -0.484 e. The Morgan fingerprint density at radius 2 is 1.58 bits per heavy atom. The molecule has 0 aromatic heterocycles. The number of hydrogen-bond acceptors (Lipinski definition) is 2. The summed E-state index contributed by atoms with van der Waals surface area (Å²) >= 11 is 0. The Hall–Kier alpha value is -3.07. The fourth-order valence-electron chi connectivity index (χ4n) is 3.31. The molecule has 3 aromatic rings. The molecule has 1 aliphatic heterocycles. The lowest BCUT2D eigenvalue weighted by Gasteiger charge is -2.17. The van der Waals surface area contributed by atoms with E-state index < -0.39 is 0 Å². The van der Waals surface area contributed by atoms with Crippen molar-refractivity contribution in [1.82, 2.24) is 0 Å². The summed E-state index contributed by atoms with van der Waals surface area (Å²) in [7, 11) is 0. The molecule has 3 aromatic carbocycles. The molecule has 0 spiro atoms. The van der Waals surface area contributed by atoms with E-state index in [1.165, 1.54) is 16.7 Å². The molecule has 3 nitrogen and oxygen atoms in total. The number of para-hydroxylation sites is 1. The van der Waals surface area contributed by atoms with Gasteiger partial charge in [-0.25, -0.2) is 0 Å². The number of aryl methyl sites for hydroxylation is 1. The van der Waals surface area contributed by atoms with Crippen molar-refractivity contribution in [2.24, 2.45) is 0 Å². The standard InChI is InChI=1S/C23H21NO2/c1-17-6-8-18(9-7-17)19-10-12-21(13-11-19)26-16-23(25)24-15-14-20-4-2-3-5-22(20)24/h2-13H,14-16H2,1H3. The second kappa shape index (κ2) is 7.04. The van der Waals surface area contributed by atoms with Crippen LogP contribution in [0.2, 0.25) is 0 Å². The van der Waals surface area contributed by atoms with Crippen LogP contribution in [0.25, 0.3) is 11.1 Å². The predicted molar refractivity (Wildman–Crippen MR) is 105 cm³/mol. The molecule has 1 aliphatic rings. The Bertz CT molecular complexity index is 914. The van der Waals surface area contributed by atoms with E-state index in [4.69, 9.17) is 4.74 Å². The first-order valence-corrected chi connectivity index (χ1v) is 8.89. The van der Waals surface area contributed by atoms with Gasteiger partial charge in [0.05, 0.1) is 0 Å². The minimum absolute atomic E-state index is 0.00226. The van der Waals surface area contributed by atoms with Crippen LogP contribution in [0, 0.1) is 6.92 Å². The lowest BCUT2D eigenvalue weighted by Crippen LogP contribution is -2.33. The number of benzene rings is 3. The van der Waals surface area contributed by atoms with E-state index in [2.05, 4.69) is 37.3 Å². The van der Waals surface area contributed by atoms with Crippen LogP contribution in [0.3, 0.4) is 0 Å². The van der Waals surface area contributed by atoms with Gasteiger partial charge in [-0.3, -0.25) is 4.79 Å². The molecular weight excluding hydrogens is 322 g/mol. The number of ether oxygens (including phenoxy) is 1. The second-order valence-corrected chi connectivity index (χ2v) is 6.60. The third-order valence-electron chi connectivity index (χ3n) is 4.79. The van der Waals surface area contributed by atoms with E-state index in [-0.39, 0.29) is 12.5 Å². The molecule has 0 aliphatic carbocycles. The zero-order valence-electron chi connectivity index (χ0n) is 14.8. The first-order chi connectivity index (χ1) is 12.7. The number of amides is 1. The monoisotopic (exact) mass is 343 g/mol. The number of carbonyl (C=O) groups excluding carboxylic acids is 1. The number of anilines is 1. The smallest absolute Gasteiger partial charge is 0.264 e. The Labute approximate surface area is 153 Å². The number of carbonyl (C=O) groups is 1. The summed E-state index contributed by atoms with van der Waals surface area (Å²) in [6.45, 7) is 2.86. The van der Waals surface area contributed by atoms with E-state index in [0.717, 1.165) is 24.2 Å². The van der Waals surface area contributed by atoms with Crippen LogP contribution < -0.4 is 9.64 Å². The average Bonchev–Trinajstić information content (AvgIpc) is 3.11. The van der Waals surface area contributed by atoms with Gasteiger partial charge in [-0.2, -0.15) is 0 Å². The van der Waals surface area contributed by atoms with Crippen LogP contribution in [0.4, 0.5) is 5.69 Å².